The second kappa shape index (κ2) is 14.5. The largest absolute Gasteiger partial charge is 0.395 e. The van der Waals surface area contributed by atoms with E-state index in [4.69, 9.17) is 0 Å². The van der Waals surface area contributed by atoms with E-state index in [2.05, 4.69) is 48.4 Å². The number of aryl methyl sites for hydroxylation is 2. The van der Waals surface area contributed by atoms with Crippen LogP contribution in [-0.2, 0) is 19.0 Å². The molecule has 0 atom stereocenters. The zero-order chi connectivity index (χ0) is 35.4. The fourth-order valence-electron chi connectivity index (χ4n) is 6.14. The molecule has 1 aliphatic rings. The first-order chi connectivity index (χ1) is 24.0. The van der Waals surface area contributed by atoms with Crippen LogP contribution in [0.2, 0.25) is 0 Å². The van der Waals surface area contributed by atoms with Crippen LogP contribution in [0.5, 0.6) is 0 Å². The fraction of sp³-hybridized carbons (Fsp3) is 0.316. The molecular formula is C38H40FN9O2. The van der Waals surface area contributed by atoms with Crippen molar-refractivity contribution >= 4 is 28.6 Å². The van der Waals surface area contributed by atoms with Crippen molar-refractivity contribution in [3.8, 4) is 17.9 Å². The van der Waals surface area contributed by atoms with Gasteiger partial charge in [0, 0.05) is 70.0 Å². The number of pyridine rings is 1. The van der Waals surface area contributed by atoms with Crippen LogP contribution < -0.4 is 10.6 Å². The highest BCUT2D eigenvalue weighted by Gasteiger charge is 2.26. The van der Waals surface area contributed by atoms with E-state index in [1.807, 2.05) is 62.0 Å². The SMILES string of the molecule is Cc1cc(F)c(C(=O)Nc2ccc(CN3CCN(CCO)CC3)c(C(C)(C)C#N)c2)cc1C#Cc1cnc2c(Nc3cnn(C)c3)cccn12. The molecule has 6 rings (SSSR count). The zero-order valence-corrected chi connectivity index (χ0v) is 28.7. The number of carbonyl (C=O) groups excluding carboxylic acids is 1. The molecule has 50 heavy (non-hydrogen) atoms. The van der Waals surface area contributed by atoms with E-state index in [9.17, 15) is 15.2 Å². The van der Waals surface area contributed by atoms with Gasteiger partial charge in [-0.05, 0) is 79.8 Å². The molecule has 256 valence electrons. The van der Waals surface area contributed by atoms with Gasteiger partial charge in [0.2, 0.25) is 0 Å². The van der Waals surface area contributed by atoms with Crippen LogP contribution in [0.25, 0.3) is 5.65 Å². The summed E-state index contributed by atoms with van der Waals surface area (Å²) in [6.45, 7) is 10.4. The Morgan fingerprint density at radius 1 is 1.06 bits per heavy atom. The maximum atomic E-state index is 15.3. The van der Waals surface area contributed by atoms with Gasteiger partial charge >= 0.3 is 0 Å². The Morgan fingerprint density at radius 3 is 2.56 bits per heavy atom. The van der Waals surface area contributed by atoms with E-state index in [1.54, 1.807) is 30.1 Å². The quantitative estimate of drug-likeness (QED) is 0.190. The van der Waals surface area contributed by atoms with Crippen LogP contribution >= 0.6 is 0 Å². The molecule has 1 amide bonds. The minimum absolute atomic E-state index is 0.132. The van der Waals surface area contributed by atoms with Gasteiger partial charge in [0.25, 0.3) is 5.91 Å². The highest BCUT2D eigenvalue weighted by molar-refractivity contribution is 6.04. The lowest BCUT2D eigenvalue weighted by Gasteiger charge is -2.35. The predicted molar refractivity (Wildman–Crippen MR) is 191 cm³/mol. The van der Waals surface area contributed by atoms with Crippen LogP contribution in [0.4, 0.5) is 21.5 Å². The number of imidazole rings is 1. The van der Waals surface area contributed by atoms with Crippen molar-refractivity contribution in [1.29, 1.82) is 5.26 Å². The first kappa shape index (κ1) is 34.3. The fourth-order valence-corrected chi connectivity index (χ4v) is 6.14. The number of benzene rings is 2. The standard InChI is InChI=1S/C38H40FN9O2/c1-26-18-34(39)32(19-27(26)8-10-31-22-41-36-35(6-5-11-48(31)36)43-30-21-42-45(4)24-30)37(50)44-29-9-7-28(33(20-29)38(2,3)25-40)23-47-14-12-46(13-15-47)16-17-49/h5-7,9,11,18-22,24,43,49H,12-17,23H2,1-4H3,(H,44,50). The molecule has 1 saturated heterocycles. The van der Waals surface area contributed by atoms with Crippen LogP contribution in [-0.4, -0.2) is 79.3 Å². The Kier molecular flexibility index (Phi) is 9.98. The lowest BCUT2D eigenvalue weighted by Crippen LogP contribution is -2.46. The number of rotatable bonds is 9. The zero-order valence-electron chi connectivity index (χ0n) is 28.7. The maximum Gasteiger partial charge on any atom is 0.258 e. The van der Waals surface area contributed by atoms with Crippen molar-refractivity contribution in [3.63, 3.8) is 0 Å². The summed E-state index contributed by atoms with van der Waals surface area (Å²) in [6.07, 6.45) is 7.13. The number of nitriles is 1. The van der Waals surface area contributed by atoms with Crippen molar-refractivity contribution in [1.82, 2.24) is 29.0 Å². The number of aliphatic hydroxyl groups excluding tert-OH is 1. The van der Waals surface area contributed by atoms with Crippen molar-refractivity contribution in [2.75, 3.05) is 50.0 Å². The van der Waals surface area contributed by atoms with E-state index < -0.39 is 17.1 Å². The number of hydrogen-bond donors (Lipinski definition) is 3. The van der Waals surface area contributed by atoms with Gasteiger partial charge in [-0.15, -0.1) is 0 Å². The molecule has 0 saturated carbocycles. The first-order valence-electron chi connectivity index (χ1n) is 16.5. The average molecular weight is 674 g/mol. The van der Waals surface area contributed by atoms with E-state index in [0.29, 0.717) is 41.2 Å². The van der Waals surface area contributed by atoms with Crippen molar-refractivity contribution in [3.05, 3.63) is 107 Å². The number of aromatic nitrogens is 4. The molecule has 2 aromatic carbocycles. The van der Waals surface area contributed by atoms with Crippen molar-refractivity contribution in [2.24, 2.45) is 7.05 Å². The molecule has 5 aromatic rings. The molecule has 3 N–H and O–H groups in total. The number of halogens is 1. The van der Waals surface area contributed by atoms with Gasteiger partial charge < -0.3 is 15.7 Å². The summed E-state index contributed by atoms with van der Waals surface area (Å²) >= 11 is 0. The number of hydrogen-bond acceptors (Lipinski definition) is 8. The van der Waals surface area contributed by atoms with Gasteiger partial charge in [-0.2, -0.15) is 10.4 Å². The summed E-state index contributed by atoms with van der Waals surface area (Å²) in [5, 5.41) is 29.6. The second-order valence-corrected chi connectivity index (χ2v) is 13.1. The van der Waals surface area contributed by atoms with E-state index >= 15 is 4.39 Å². The molecule has 0 bridgehead atoms. The highest BCUT2D eigenvalue weighted by Crippen LogP contribution is 2.30. The third kappa shape index (κ3) is 7.53. The van der Waals surface area contributed by atoms with E-state index in [1.165, 1.54) is 12.1 Å². The lowest BCUT2D eigenvalue weighted by molar-refractivity contribution is 0.102. The smallest absolute Gasteiger partial charge is 0.258 e. The molecule has 3 aromatic heterocycles. The molecule has 0 unspecified atom stereocenters. The summed E-state index contributed by atoms with van der Waals surface area (Å²) in [5.41, 5.74) is 5.36. The predicted octanol–water partition coefficient (Wildman–Crippen LogP) is 4.82. The number of nitrogens with one attached hydrogen (secondary N) is 2. The Hall–Kier alpha value is -5.53. The summed E-state index contributed by atoms with van der Waals surface area (Å²) in [4.78, 5) is 22.6. The minimum atomic E-state index is -0.819. The Bertz CT molecular complexity index is 2140. The molecule has 0 spiro atoms. The summed E-state index contributed by atoms with van der Waals surface area (Å²) in [6, 6.07) is 14.5. The number of fused-ring (bicyclic) bond motifs is 1. The Labute approximate surface area is 291 Å². The third-order valence-corrected chi connectivity index (χ3v) is 9.00. The number of nitrogens with zero attached hydrogens (tertiary/aromatic N) is 7. The molecule has 1 aliphatic heterocycles. The van der Waals surface area contributed by atoms with Gasteiger partial charge in [0.05, 0.1) is 47.4 Å². The Morgan fingerprint density at radius 2 is 1.84 bits per heavy atom. The van der Waals surface area contributed by atoms with Gasteiger partial charge in [-0.3, -0.25) is 23.7 Å². The van der Waals surface area contributed by atoms with Crippen molar-refractivity contribution < 1.29 is 14.3 Å². The number of aliphatic hydroxyl groups is 1. The summed E-state index contributed by atoms with van der Waals surface area (Å²) in [7, 11) is 1.85. The number of carbonyl (C=O) groups is 1. The van der Waals surface area contributed by atoms with Crippen LogP contribution in [0.3, 0.4) is 0 Å². The van der Waals surface area contributed by atoms with Crippen LogP contribution in [0.1, 0.15) is 52.2 Å². The number of β-amino-alcohol motifs (C(OH)–C–C–N with tert-alkyl or cyclic N) is 1. The lowest BCUT2D eigenvalue weighted by atomic mass is 9.82. The minimum Gasteiger partial charge on any atom is -0.395 e. The van der Waals surface area contributed by atoms with Crippen LogP contribution in [0.15, 0.2) is 67.3 Å². The maximum absolute atomic E-state index is 15.3. The molecule has 4 heterocycles. The third-order valence-electron chi connectivity index (χ3n) is 9.00. The Balaban J connectivity index is 1.22. The molecule has 12 heteroatoms. The van der Waals surface area contributed by atoms with E-state index in [-0.39, 0.29) is 12.2 Å². The number of amides is 1. The molecular weight excluding hydrogens is 633 g/mol. The molecule has 1 fully saturated rings. The number of anilines is 3. The average Bonchev–Trinajstić information content (AvgIpc) is 3.71. The molecule has 0 radical (unpaired) electrons. The van der Waals surface area contributed by atoms with Gasteiger partial charge in [0.1, 0.15) is 11.5 Å². The highest BCUT2D eigenvalue weighted by atomic mass is 19.1. The normalized spacial score (nSPS) is 13.9. The van der Waals surface area contributed by atoms with Gasteiger partial charge in [0.15, 0.2) is 5.65 Å². The second-order valence-electron chi connectivity index (χ2n) is 13.1. The topological polar surface area (TPSA) is 127 Å². The molecule has 11 nitrogen and oxygen atoms in total. The summed E-state index contributed by atoms with van der Waals surface area (Å²) < 4.78 is 18.8. The first-order valence-corrected chi connectivity index (χ1v) is 16.5. The van der Waals surface area contributed by atoms with Gasteiger partial charge in [-0.1, -0.05) is 12.0 Å². The van der Waals surface area contributed by atoms with Gasteiger partial charge in [-0.25, -0.2) is 9.37 Å². The van der Waals surface area contributed by atoms with E-state index in [0.717, 1.165) is 48.7 Å². The van der Waals surface area contributed by atoms with Crippen molar-refractivity contribution in [2.45, 2.75) is 32.7 Å². The number of piperazine rings is 1. The monoisotopic (exact) mass is 673 g/mol. The molecule has 0 aliphatic carbocycles. The van der Waals surface area contributed by atoms with Crippen LogP contribution in [0, 0.1) is 35.9 Å². The summed E-state index contributed by atoms with van der Waals surface area (Å²) in [5.74, 6) is 4.99.